The molecule has 0 aliphatic rings. The Labute approximate surface area is 108 Å². The first-order chi connectivity index (χ1) is 9.08. The van der Waals surface area contributed by atoms with Crippen molar-refractivity contribution in [2.45, 2.75) is 32.9 Å². The zero-order chi connectivity index (χ0) is 13.8. The predicted molar refractivity (Wildman–Crippen MR) is 62.9 cm³/mol. The number of nitrogens with one attached hydrogen (secondary N) is 1. The number of amides is 1. The van der Waals surface area contributed by atoms with Crippen molar-refractivity contribution in [1.29, 1.82) is 0 Å². The summed E-state index contributed by atoms with van der Waals surface area (Å²) in [7, 11) is 0. The lowest BCUT2D eigenvalue weighted by molar-refractivity contribution is -0.117. The van der Waals surface area contributed by atoms with Crippen LogP contribution in [0.4, 0.5) is 6.01 Å². The van der Waals surface area contributed by atoms with Crippen molar-refractivity contribution in [1.82, 2.24) is 25.2 Å². The lowest BCUT2D eigenvalue weighted by atomic mass is 10.2. The molecule has 2 heterocycles. The number of nitrogens with zero attached hydrogens (tertiary/aromatic N) is 5. The van der Waals surface area contributed by atoms with Crippen LogP contribution in [-0.4, -0.2) is 36.2 Å². The molecule has 9 nitrogen and oxygen atoms in total. The third-order valence-electron chi connectivity index (χ3n) is 2.36. The van der Waals surface area contributed by atoms with E-state index in [0.29, 0.717) is 18.0 Å². The van der Waals surface area contributed by atoms with Crippen molar-refractivity contribution in [2.24, 2.45) is 0 Å². The summed E-state index contributed by atoms with van der Waals surface area (Å²) >= 11 is 0. The average molecular weight is 266 g/mol. The van der Waals surface area contributed by atoms with Crippen LogP contribution in [0.2, 0.25) is 0 Å². The first kappa shape index (κ1) is 13.1. The Hall–Kier alpha value is -2.29. The van der Waals surface area contributed by atoms with Crippen LogP contribution >= 0.6 is 0 Å². The van der Waals surface area contributed by atoms with Crippen molar-refractivity contribution < 1.29 is 14.3 Å². The standard InChI is InChI=1S/C10H14N6O3/c1-3-8(17)7-4-16(15-13-7)5-9(18)11-10-14-12-6(2)19-10/h4,8,17H,3,5H2,1-2H3,(H,11,14,18). The fourth-order valence-electron chi connectivity index (χ4n) is 1.41. The molecular formula is C10H14N6O3. The number of carbonyl (C=O) groups excluding carboxylic acids is 1. The van der Waals surface area contributed by atoms with Gasteiger partial charge in [-0.25, -0.2) is 4.68 Å². The molecule has 19 heavy (non-hydrogen) atoms. The van der Waals surface area contributed by atoms with E-state index in [1.807, 2.05) is 6.92 Å². The van der Waals surface area contributed by atoms with Gasteiger partial charge in [0.25, 0.3) is 0 Å². The van der Waals surface area contributed by atoms with E-state index < -0.39 is 6.10 Å². The average Bonchev–Trinajstić information content (AvgIpc) is 2.98. The lowest BCUT2D eigenvalue weighted by Crippen LogP contribution is -2.19. The summed E-state index contributed by atoms with van der Waals surface area (Å²) in [6.07, 6.45) is 1.38. The van der Waals surface area contributed by atoms with Gasteiger partial charge in [-0.1, -0.05) is 17.2 Å². The minimum absolute atomic E-state index is 0.0384. The highest BCUT2D eigenvalue weighted by atomic mass is 16.4. The van der Waals surface area contributed by atoms with Gasteiger partial charge in [-0.3, -0.25) is 10.1 Å². The van der Waals surface area contributed by atoms with Crippen molar-refractivity contribution >= 4 is 11.9 Å². The Morgan fingerprint density at radius 3 is 2.95 bits per heavy atom. The summed E-state index contributed by atoms with van der Waals surface area (Å²) in [6, 6.07) is 0.0384. The molecule has 0 bridgehead atoms. The largest absolute Gasteiger partial charge is 0.408 e. The van der Waals surface area contributed by atoms with E-state index in [1.54, 1.807) is 6.92 Å². The van der Waals surface area contributed by atoms with Gasteiger partial charge in [-0.15, -0.1) is 10.2 Å². The Morgan fingerprint density at radius 1 is 1.53 bits per heavy atom. The van der Waals surface area contributed by atoms with Gasteiger partial charge in [0, 0.05) is 6.92 Å². The maximum Gasteiger partial charge on any atom is 0.322 e. The number of rotatable bonds is 5. The van der Waals surface area contributed by atoms with Gasteiger partial charge >= 0.3 is 6.01 Å². The molecule has 0 saturated heterocycles. The molecule has 0 radical (unpaired) electrons. The zero-order valence-corrected chi connectivity index (χ0v) is 10.6. The molecule has 0 aromatic carbocycles. The molecule has 102 valence electrons. The van der Waals surface area contributed by atoms with Crippen LogP contribution in [0.15, 0.2) is 10.6 Å². The van der Waals surface area contributed by atoms with Gasteiger partial charge in [0.2, 0.25) is 11.8 Å². The Kier molecular flexibility index (Phi) is 3.85. The molecule has 0 aliphatic heterocycles. The maximum atomic E-state index is 11.6. The van der Waals surface area contributed by atoms with Gasteiger partial charge in [0.15, 0.2) is 0 Å². The van der Waals surface area contributed by atoms with E-state index in [-0.39, 0.29) is 18.5 Å². The number of hydrogen-bond acceptors (Lipinski definition) is 7. The second-order valence-corrected chi connectivity index (χ2v) is 3.94. The summed E-state index contributed by atoms with van der Waals surface area (Å²) in [5.41, 5.74) is 0.434. The van der Waals surface area contributed by atoms with Crippen LogP contribution < -0.4 is 5.32 Å². The third kappa shape index (κ3) is 3.35. The van der Waals surface area contributed by atoms with E-state index in [0.717, 1.165) is 0 Å². The summed E-state index contributed by atoms with van der Waals surface area (Å²) in [5.74, 6) is -0.00417. The summed E-state index contributed by atoms with van der Waals surface area (Å²) in [4.78, 5) is 11.6. The normalized spacial score (nSPS) is 12.4. The molecule has 2 aromatic heterocycles. The third-order valence-corrected chi connectivity index (χ3v) is 2.36. The quantitative estimate of drug-likeness (QED) is 0.784. The molecule has 0 fully saturated rings. The molecule has 2 aromatic rings. The van der Waals surface area contributed by atoms with Gasteiger partial charge < -0.3 is 9.52 Å². The van der Waals surface area contributed by atoms with Crippen LogP contribution in [0.1, 0.15) is 31.0 Å². The Bertz CT molecular complexity index is 563. The van der Waals surface area contributed by atoms with Crippen LogP contribution in [0, 0.1) is 6.92 Å². The number of hydrogen-bond donors (Lipinski definition) is 2. The second kappa shape index (κ2) is 5.57. The number of aliphatic hydroxyl groups is 1. The minimum atomic E-state index is -0.671. The van der Waals surface area contributed by atoms with E-state index in [9.17, 15) is 9.90 Å². The van der Waals surface area contributed by atoms with E-state index in [4.69, 9.17) is 4.42 Å². The molecule has 9 heteroatoms. The van der Waals surface area contributed by atoms with Crippen molar-refractivity contribution in [3.63, 3.8) is 0 Å². The predicted octanol–water partition coefficient (Wildman–Crippen LogP) is 0.0516. The van der Waals surface area contributed by atoms with Gasteiger partial charge in [0.05, 0.1) is 12.3 Å². The Balaban J connectivity index is 1.93. The number of carbonyl (C=O) groups is 1. The summed E-state index contributed by atoms with van der Waals surface area (Å²) in [5, 5.41) is 26.8. The monoisotopic (exact) mass is 266 g/mol. The zero-order valence-electron chi connectivity index (χ0n) is 10.6. The molecule has 1 amide bonds. The number of aromatic nitrogens is 5. The molecular weight excluding hydrogens is 252 g/mol. The second-order valence-electron chi connectivity index (χ2n) is 3.94. The smallest absolute Gasteiger partial charge is 0.322 e. The molecule has 0 saturated carbocycles. The van der Waals surface area contributed by atoms with Gasteiger partial charge in [-0.05, 0) is 6.42 Å². The molecule has 2 N–H and O–H groups in total. The van der Waals surface area contributed by atoms with E-state index in [2.05, 4.69) is 25.8 Å². The molecule has 0 aliphatic carbocycles. The fourth-order valence-corrected chi connectivity index (χ4v) is 1.41. The molecule has 1 atom stereocenters. The number of anilines is 1. The number of aliphatic hydroxyl groups excluding tert-OH is 1. The molecule has 1 unspecified atom stereocenters. The van der Waals surface area contributed by atoms with Crippen LogP contribution in [0.5, 0.6) is 0 Å². The van der Waals surface area contributed by atoms with Crippen molar-refractivity contribution in [3.8, 4) is 0 Å². The summed E-state index contributed by atoms with van der Waals surface area (Å²) in [6.45, 7) is 3.40. The molecule has 2 rings (SSSR count). The molecule has 0 spiro atoms. The van der Waals surface area contributed by atoms with Crippen LogP contribution in [0.25, 0.3) is 0 Å². The number of aryl methyl sites for hydroxylation is 1. The maximum absolute atomic E-state index is 11.6. The highest BCUT2D eigenvalue weighted by molar-refractivity contribution is 5.88. The van der Waals surface area contributed by atoms with E-state index >= 15 is 0 Å². The lowest BCUT2D eigenvalue weighted by Gasteiger charge is -2.01. The van der Waals surface area contributed by atoms with Crippen molar-refractivity contribution in [2.75, 3.05) is 5.32 Å². The van der Waals surface area contributed by atoms with E-state index in [1.165, 1.54) is 10.9 Å². The Morgan fingerprint density at radius 2 is 2.32 bits per heavy atom. The first-order valence-electron chi connectivity index (χ1n) is 5.76. The highest BCUT2D eigenvalue weighted by Crippen LogP contribution is 2.11. The topological polar surface area (TPSA) is 119 Å². The van der Waals surface area contributed by atoms with Crippen LogP contribution in [-0.2, 0) is 11.3 Å². The highest BCUT2D eigenvalue weighted by Gasteiger charge is 2.13. The fraction of sp³-hybridized carbons (Fsp3) is 0.500. The van der Waals surface area contributed by atoms with Crippen LogP contribution in [0.3, 0.4) is 0 Å². The van der Waals surface area contributed by atoms with Gasteiger partial charge in [-0.2, -0.15) is 0 Å². The minimum Gasteiger partial charge on any atom is -0.408 e. The first-order valence-corrected chi connectivity index (χ1v) is 5.76. The SMILES string of the molecule is CCC(O)c1cn(CC(=O)Nc2nnc(C)o2)nn1. The van der Waals surface area contributed by atoms with Crippen molar-refractivity contribution in [3.05, 3.63) is 17.8 Å². The van der Waals surface area contributed by atoms with Gasteiger partial charge in [0.1, 0.15) is 12.2 Å². The summed E-state index contributed by atoms with van der Waals surface area (Å²) < 4.78 is 6.34.